The number of rotatable bonds is 7. The minimum Gasteiger partial charge on any atom is -0.346 e. The van der Waals surface area contributed by atoms with Crippen LogP contribution in [0.1, 0.15) is 24.7 Å². The Bertz CT molecular complexity index is 1000. The van der Waals surface area contributed by atoms with Crippen LogP contribution in [0.5, 0.6) is 0 Å². The number of benzene rings is 2. The summed E-state index contributed by atoms with van der Waals surface area (Å²) >= 11 is 3.16. The number of aromatic nitrogens is 2. The molecule has 6 nitrogen and oxygen atoms in total. The van der Waals surface area contributed by atoms with Crippen LogP contribution in [0.25, 0.3) is 11.0 Å². The van der Waals surface area contributed by atoms with Crippen molar-refractivity contribution in [1.29, 1.82) is 0 Å². The molecule has 2 aromatic carbocycles. The quantitative estimate of drug-likeness (QED) is 0.532. The fourth-order valence-electron chi connectivity index (χ4n) is 3.30. The lowest BCUT2D eigenvalue weighted by atomic mass is 10.2. The molecule has 0 spiro atoms. The maximum absolute atomic E-state index is 12.8. The van der Waals surface area contributed by atoms with Crippen molar-refractivity contribution in [2.45, 2.75) is 29.0 Å². The van der Waals surface area contributed by atoms with E-state index in [-0.39, 0.29) is 24.3 Å². The average Bonchev–Trinajstić information content (AvgIpc) is 3.16. The number of imidazole rings is 1. The SMILES string of the molecule is CSCCC(NC(=O)CC1Sc2ccccc2NC1=O)c1nc2ccccc2[nH]1. The molecular weight excluding hydrogens is 404 g/mol. The zero-order chi connectivity index (χ0) is 20.2. The molecule has 0 aliphatic carbocycles. The largest absolute Gasteiger partial charge is 0.346 e. The van der Waals surface area contributed by atoms with Crippen molar-refractivity contribution in [2.24, 2.45) is 0 Å². The minimum atomic E-state index is -0.443. The summed E-state index contributed by atoms with van der Waals surface area (Å²) in [4.78, 5) is 34.1. The molecule has 2 unspecified atom stereocenters. The Morgan fingerprint density at radius 1 is 1.24 bits per heavy atom. The third kappa shape index (κ3) is 4.59. The summed E-state index contributed by atoms with van der Waals surface area (Å²) in [5, 5.41) is 5.53. The Morgan fingerprint density at radius 2 is 2.03 bits per heavy atom. The second-order valence-corrected chi connectivity index (χ2v) is 9.07. The van der Waals surface area contributed by atoms with E-state index >= 15 is 0 Å². The molecule has 4 rings (SSSR count). The van der Waals surface area contributed by atoms with Crippen LogP contribution < -0.4 is 10.6 Å². The van der Waals surface area contributed by atoms with Gasteiger partial charge in [0.25, 0.3) is 0 Å². The fraction of sp³-hybridized carbons (Fsp3) is 0.286. The molecule has 0 bridgehead atoms. The highest BCUT2D eigenvalue weighted by molar-refractivity contribution is 8.01. The molecule has 0 fully saturated rings. The normalized spacial score (nSPS) is 16.9. The summed E-state index contributed by atoms with van der Waals surface area (Å²) in [5.41, 5.74) is 2.63. The van der Waals surface area contributed by atoms with E-state index in [0.29, 0.717) is 0 Å². The Morgan fingerprint density at radius 3 is 2.86 bits per heavy atom. The number of nitrogens with zero attached hydrogens (tertiary/aromatic N) is 1. The van der Waals surface area contributed by atoms with Gasteiger partial charge in [-0.3, -0.25) is 9.59 Å². The molecular formula is C21H22N4O2S2. The third-order valence-electron chi connectivity index (χ3n) is 4.76. The summed E-state index contributed by atoms with van der Waals surface area (Å²) < 4.78 is 0. The smallest absolute Gasteiger partial charge is 0.238 e. The second kappa shape index (κ2) is 8.92. The second-order valence-electron chi connectivity index (χ2n) is 6.84. The van der Waals surface area contributed by atoms with Gasteiger partial charge in [0.05, 0.1) is 28.0 Å². The van der Waals surface area contributed by atoms with E-state index in [4.69, 9.17) is 0 Å². The molecule has 1 aromatic heterocycles. The summed E-state index contributed by atoms with van der Waals surface area (Å²) in [6, 6.07) is 15.2. The molecule has 1 aliphatic heterocycles. The number of H-pyrrole nitrogens is 1. The lowest BCUT2D eigenvalue weighted by Gasteiger charge is -2.24. The zero-order valence-electron chi connectivity index (χ0n) is 16.0. The predicted octanol–water partition coefficient (Wildman–Crippen LogP) is 3.98. The third-order valence-corrected chi connectivity index (χ3v) is 6.68. The van der Waals surface area contributed by atoms with Crippen LogP contribution in [0, 0.1) is 0 Å². The molecule has 2 atom stereocenters. The molecule has 8 heteroatoms. The molecule has 0 saturated heterocycles. The molecule has 1 aliphatic rings. The maximum Gasteiger partial charge on any atom is 0.238 e. The monoisotopic (exact) mass is 426 g/mol. The lowest BCUT2D eigenvalue weighted by molar-refractivity contribution is -0.124. The highest BCUT2D eigenvalue weighted by Crippen LogP contribution is 2.36. The Balaban J connectivity index is 1.46. The molecule has 150 valence electrons. The van der Waals surface area contributed by atoms with Gasteiger partial charge in [-0.15, -0.1) is 11.8 Å². The number of nitrogens with one attached hydrogen (secondary N) is 3. The van der Waals surface area contributed by atoms with Crippen LogP contribution >= 0.6 is 23.5 Å². The van der Waals surface area contributed by atoms with Crippen molar-refractivity contribution in [3.8, 4) is 0 Å². The summed E-state index contributed by atoms with van der Waals surface area (Å²) in [6.45, 7) is 0. The predicted molar refractivity (Wildman–Crippen MR) is 119 cm³/mol. The topological polar surface area (TPSA) is 86.9 Å². The molecule has 3 aromatic rings. The van der Waals surface area contributed by atoms with Gasteiger partial charge in [-0.2, -0.15) is 11.8 Å². The Hall–Kier alpha value is -2.45. The Kier molecular flexibility index (Phi) is 6.10. The van der Waals surface area contributed by atoms with Crippen LogP contribution in [0.15, 0.2) is 53.4 Å². The van der Waals surface area contributed by atoms with Gasteiger partial charge in [0, 0.05) is 11.3 Å². The highest BCUT2D eigenvalue weighted by Gasteiger charge is 2.30. The van der Waals surface area contributed by atoms with E-state index in [0.717, 1.165) is 39.6 Å². The van der Waals surface area contributed by atoms with Gasteiger partial charge >= 0.3 is 0 Å². The van der Waals surface area contributed by atoms with Crippen molar-refractivity contribution in [2.75, 3.05) is 17.3 Å². The van der Waals surface area contributed by atoms with E-state index in [2.05, 4.69) is 20.6 Å². The molecule has 3 N–H and O–H groups in total. The summed E-state index contributed by atoms with van der Waals surface area (Å²) in [7, 11) is 0. The van der Waals surface area contributed by atoms with E-state index in [1.54, 1.807) is 11.8 Å². The number of anilines is 1. The number of carbonyl (C=O) groups is 2. The van der Waals surface area contributed by atoms with Gasteiger partial charge in [-0.25, -0.2) is 4.98 Å². The number of thioether (sulfide) groups is 2. The van der Waals surface area contributed by atoms with Crippen molar-refractivity contribution in [3.63, 3.8) is 0 Å². The number of para-hydroxylation sites is 3. The number of hydrogen-bond acceptors (Lipinski definition) is 5. The van der Waals surface area contributed by atoms with E-state index in [9.17, 15) is 9.59 Å². The first kappa shape index (κ1) is 19.8. The zero-order valence-corrected chi connectivity index (χ0v) is 17.6. The lowest BCUT2D eigenvalue weighted by Crippen LogP contribution is -2.36. The van der Waals surface area contributed by atoms with E-state index < -0.39 is 5.25 Å². The summed E-state index contributed by atoms with van der Waals surface area (Å²) in [6.07, 6.45) is 2.93. The van der Waals surface area contributed by atoms with E-state index in [1.165, 1.54) is 11.8 Å². The van der Waals surface area contributed by atoms with Crippen LogP contribution in [-0.4, -0.2) is 39.0 Å². The number of fused-ring (bicyclic) bond motifs is 2. The number of carbonyl (C=O) groups excluding carboxylic acids is 2. The minimum absolute atomic E-state index is 0.126. The van der Waals surface area contributed by atoms with Gasteiger partial charge in [-0.05, 0) is 42.7 Å². The average molecular weight is 427 g/mol. The first-order valence-electron chi connectivity index (χ1n) is 9.43. The van der Waals surface area contributed by atoms with Crippen molar-refractivity contribution in [3.05, 3.63) is 54.4 Å². The van der Waals surface area contributed by atoms with Crippen LogP contribution in [-0.2, 0) is 9.59 Å². The standard InChI is InChI=1S/C21H22N4O2S2/c1-28-11-10-16(20-23-13-6-2-3-7-14(13)24-20)22-19(26)12-18-21(27)25-15-8-4-5-9-17(15)29-18/h2-9,16,18H,10-12H2,1H3,(H,22,26)(H,23,24)(H,25,27). The van der Waals surface area contributed by atoms with Gasteiger partial charge in [-0.1, -0.05) is 24.3 Å². The molecule has 29 heavy (non-hydrogen) atoms. The van der Waals surface area contributed by atoms with Crippen molar-refractivity contribution in [1.82, 2.24) is 15.3 Å². The van der Waals surface area contributed by atoms with Crippen molar-refractivity contribution < 1.29 is 9.59 Å². The number of amides is 2. The summed E-state index contributed by atoms with van der Waals surface area (Å²) in [5.74, 6) is 1.37. The fourth-order valence-corrected chi connectivity index (χ4v) is 4.88. The maximum atomic E-state index is 12.8. The van der Waals surface area contributed by atoms with Gasteiger partial charge < -0.3 is 15.6 Å². The van der Waals surface area contributed by atoms with E-state index in [1.807, 2.05) is 54.8 Å². The van der Waals surface area contributed by atoms with Crippen molar-refractivity contribution >= 4 is 52.1 Å². The molecule has 0 saturated carbocycles. The number of aromatic amines is 1. The van der Waals surface area contributed by atoms with Gasteiger partial charge in [0.1, 0.15) is 5.82 Å². The van der Waals surface area contributed by atoms with Crippen LogP contribution in [0.2, 0.25) is 0 Å². The van der Waals surface area contributed by atoms with Gasteiger partial charge in [0.2, 0.25) is 11.8 Å². The first-order chi connectivity index (χ1) is 14.1. The highest BCUT2D eigenvalue weighted by atomic mass is 32.2. The Labute approximate surface area is 177 Å². The van der Waals surface area contributed by atoms with Crippen LogP contribution in [0.3, 0.4) is 0 Å². The molecule has 2 heterocycles. The molecule has 0 radical (unpaired) electrons. The number of hydrogen-bond donors (Lipinski definition) is 3. The van der Waals surface area contributed by atoms with Gasteiger partial charge in [0.15, 0.2) is 0 Å². The first-order valence-corrected chi connectivity index (χ1v) is 11.7. The molecule has 2 amide bonds. The van der Waals surface area contributed by atoms with Crippen LogP contribution in [0.4, 0.5) is 5.69 Å².